The minimum absolute atomic E-state index is 0. The molecule has 0 aromatic carbocycles. The molecule has 6 nitrogen and oxygen atoms in total. The molecule has 0 rings (SSSR count). The van der Waals surface area contributed by atoms with Gasteiger partial charge in [0.1, 0.15) is 0 Å². The number of hydrogen-bond acceptors (Lipinski definition) is 6. The molecule has 8 heteroatoms. The third kappa shape index (κ3) is 2610. The van der Waals surface area contributed by atoms with Crippen LogP contribution >= 0.6 is 8.86 Å². The van der Waals surface area contributed by atoms with Gasteiger partial charge in [-0.2, -0.15) is 0 Å². The molecule has 0 unspecified atom stereocenters. The molecule has 0 saturated carbocycles. The molecule has 0 aromatic heterocycles. The van der Waals surface area contributed by atoms with E-state index in [2.05, 4.69) is 15.2 Å². The maximum Gasteiger partial charge on any atom is 3.00 e. The molecule has 0 fully saturated rings. The minimum Gasteiger partial charge on any atom is -0.550 e. The van der Waals surface area contributed by atoms with Crippen LogP contribution in [-0.2, 0) is 33.9 Å². The predicted molar refractivity (Wildman–Crippen MR) is 47.5 cm³/mol. The first-order valence-electron chi connectivity index (χ1n) is 3.08. The molecule has 0 aliphatic heterocycles. The van der Waals surface area contributed by atoms with Gasteiger partial charge in [-0.15, -0.1) is 8.86 Å². The average Bonchev–Trinajstić information content (AvgIpc) is 1.86. The van der Waals surface area contributed by atoms with E-state index in [4.69, 9.17) is 29.7 Å². The first-order valence-corrected chi connectivity index (χ1v) is 3.79. The van der Waals surface area contributed by atoms with Crippen molar-refractivity contribution >= 4 is 33.1 Å². The van der Waals surface area contributed by atoms with Gasteiger partial charge in [0.25, 0.3) is 0 Å². The van der Waals surface area contributed by atoms with E-state index in [-0.39, 0.29) is 19.5 Å². The van der Waals surface area contributed by atoms with E-state index in [0.717, 1.165) is 20.8 Å². The normalized spacial score (nSPS) is 5.27. The van der Waals surface area contributed by atoms with Crippen molar-refractivity contribution < 1.29 is 49.2 Å². The second-order valence-electron chi connectivity index (χ2n) is 1.47. The van der Waals surface area contributed by atoms with Crippen LogP contribution in [0.5, 0.6) is 0 Å². The molecule has 0 N–H and O–H groups in total. The Morgan fingerprint density at radius 1 is 0.800 bits per heavy atom. The van der Waals surface area contributed by atoms with Crippen LogP contribution in [0.4, 0.5) is 0 Å². The summed E-state index contributed by atoms with van der Waals surface area (Å²) in [7, 11) is 2.72. The summed E-state index contributed by atoms with van der Waals surface area (Å²) in [6.45, 7) is 2.92. The summed E-state index contributed by atoms with van der Waals surface area (Å²) >= 11 is 0. The van der Waals surface area contributed by atoms with Crippen molar-refractivity contribution in [3.63, 3.8) is 0 Å². The Morgan fingerprint density at radius 3 is 0.800 bits per heavy atom. The van der Waals surface area contributed by atoms with E-state index >= 15 is 0 Å². The summed E-state index contributed by atoms with van der Waals surface area (Å²) in [5, 5.41) is 26.7. The van der Waals surface area contributed by atoms with Gasteiger partial charge in [0.05, 0.1) is 0 Å². The fourth-order valence-electron chi connectivity index (χ4n) is 0. The van der Waals surface area contributed by atoms with Gasteiger partial charge in [0, 0.05) is 17.9 Å². The molecule has 1 radical (unpaired) electrons. The van der Waals surface area contributed by atoms with Crippen molar-refractivity contribution in [2.45, 2.75) is 20.8 Å². The van der Waals surface area contributed by atoms with Crippen LogP contribution in [-0.4, -0.2) is 24.2 Å². The fraction of sp³-hybridized carbons (Fsp3) is 0.429. The molecule has 0 aliphatic carbocycles. The van der Waals surface area contributed by atoms with Gasteiger partial charge in [-0.25, -0.2) is 0 Å². The molecule has 0 spiro atoms. The van der Waals surface area contributed by atoms with Crippen LogP contribution in [0.25, 0.3) is 0 Å². The van der Waals surface area contributed by atoms with Crippen LogP contribution < -0.4 is 15.3 Å². The van der Waals surface area contributed by atoms with Gasteiger partial charge in [-0.3, -0.25) is 0 Å². The first kappa shape index (κ1) is 29.2. The molecule has 0 amide bonds. The molecule has 0 atom stereocenters. The van der Waals surface area contributed by atoms with Crippen molar-refractivity contribution in [3.05, 3.63) is 0 Å². The molecule has 0 saturated heterocycles. The second-order valence-corrected chi connectivity index (χ2v) is 1.47. The predicted octanol–water partition coefficient (Wildman–Crippen LogP) is -3.17. The Labute approximate surface area is 103 Å². The second kappa shape index (κ2) is 29.2. The van der Waals surface area contributed by atoms with Crippen LogP contribution in [0.1, 0.15) is 20.8 Å². The maximum absolute atomic E-state index is 8.89. The van der Waals surface area contributed by atoms with Gasteiger partial charge >= 0.3 is 19.5 Å². The van der Waals surface area contributed by atoms with Crippen molar-refractivity contribution in [2.24, 2.45) is 0 Å². The molecular weight excluding hydrogens is 312 g/mol. The third-order valence-electron chi connectivity index (χ3n) is 0. The van der Waals surface area contributed by atoms with E-state index in [1.165, 1.54) is 0 Å². The number of hydrogen-bond donors (Lipinski definition) is 0. The van der Waals surface area contributed by atoms with E-state index in [9.17, 15) is 0 Å². The topological polar surface area (TPSA) is 120 Å². The van der Waals surface area contributed by atoms with E-state index in [1.54, 1.807) is 0 Å². The van der Waals surface area contributed by atoms with Gasteiger partial charge in [-0.05, 0) is 20.8 Å². The van der Waals surface area contributed by atoms with Crippen molar-refractivity contribution in [1.82, 2.24) is 0 Å². The van der Waals surface area contributed by atoms with Crippen LogP contribution in [0, 0.1) is 0 Å². The Morgan fingerprint density at radius 2 is 0.800 bits per heavy atom. The minimum atomic E-state index is -1.08. The number of rotatable bonds is 0. The Balaban J connectivity index is -0.0000000298. The summed E-state index contributed by atoms with van der Waals surface area (Å²) in [6, 6.07) is 0. The summed E-state index contributed by atoms with van der Waals surface area (Å²) in [6.07, 6.45) is 3.06. The SMILES string of the molecule is C=P.CC(=O)[O-].CC(=O)[O-].CC(=O)[O-].[Ru+3]. The number of carbonyl (C=O) groups is 3. The van der Waals surface area contributed by atoms with E-state index in [0.29, 0.717) is 0 Å². The summed E-state index contributed by atoms with van der Waals surface area (Å²) in [5.41, 5.74) is 0. The Hall–Kier alpha value is -0.797. The Bertz CT molecular complexity index is 132. The Kier molecular flexibility index (Phi) is 56.9. The number of carboxylic acid groups (broad SMARTS) is 3. The first-order chi connectivity index (χ1) is 6.20. The fourth-order valence-corrected chi connectivity index (χ4v) is 0. The molecular formula is C7H12O6PRu. The smallest absolute Gasteiger partial charge is 0.550 e. The molecule has 0 heterocycles. The molecule has 89 valence electrons. The van der Waals surface area contributed by atoms with Crippen LogP contribution in [0.3, 0.4) is 0 Å². The van der Waals surface area contributed by atoms with Crippen molar-refractivity contribution in [1.29, 1.82) is 0 Å². The van der Waals surface area contributed by atoms with Gasteiger partial charge < -0.3 is 29.7 Å². The van der Waals surface area contributed by atoms with Crippen molar-refractivity contribution in [3.8, 4) is 0 Å². The van der Waals surface area contributed by atoms with Gasteiger partial charge in [-0.1, -0.05) is 6.30 Å². The summed E-state index contributed by atoms with van der Waals surface area (Å²) in [4.78, 5) is 26.7. The van der Waals surface area contributed by atoms with Gasteiger partial charge in [0.15, 0.2) is 0 Å². The summed E-state index contributed by atoms with van der Waals surface area (Å²) < 4.78 is 0. The van der Waals surface area contributed by atoms with Gasteiger partial charge in [0.2, 0.25) is 0 Å². The molecule has 0 bridgehead atoms. The van der Waals surface area contributed by atoms with Crippen LogP contribution in [0.2, 0.25) is 0 Å². The summed E-state index contributed by atoms with van der Waals surface area (Å²) in [5.74, 6) is -3.25. The zero-order valence-electron chi connectivity index (χ0n) is 8.51. The number of carboxylic acids is 3. The number of aliphatic carboxylic acids is 3. The largest absolute Gasteiger partial charge is 3.00 e. The average molecular weight is 324 g/mol. The third-order valence-corrected chi connectivity index (χ3v) is 0. The zero-order valence-corrected chi connectivity index (χ0v) is 11.2. The zero-order chi connectivity index (χ0) is 12.7. The standard InChI is InChI=1S/3C2H4O2.CH3P.Ru/c3*1-2(3)4;1-2;/h3*1H3,(H,3,4);2H,1H2;/q;;;;+3/p-3. The maximum atomic E-state index is 8.89. The van der Waals surface area contributed by atoms with Crippen LogP contribution in [0.15, 0.2) is 0 Å². The molecule has 15 heavy (non-hydrogen) atoms. The van der Waals surface area contributed by atoms with Crippen molar-refractivity contribution in [2.75, 3.05) is 0 Å². The monoisotopic (exact) mass is 325 g/mol. The molecule has 0 aliphatic rings. The molecule has 0 aromatic rings. The van der Waals surface area contributed by atoms with E-state index in [1.807, 2.05) is 0 Å². The van der Waals surface area contributed by atoms with E-state index < -0.39 is 17.9 Å². The number of carbonyl (C=O) groups excluding carboxylic acids is 3. The quantitative estimate of drug-likeness (QED) is 0.342.